The fourth-order valence-corrected chi connectivity index (χ4v) is 2.56. The number of allylic oxidation sites excluding steroid dienone is 1. The monoisotopic (exact) mass is 278 g/mol. The molecule has 0 bridgehead atoms. The van der Waals surface area contributed by atoms with Crippen molar-refractivity contribution in [3.63, 3.8) is 0 Å². The number of rotatable bonds is 4. The topological polar surface area (TPSA) is 26.3 Å². The molecule has 1 aromatic rings. The van der Waals surface area contributed by atoms with E-state index in [0.717, 1.165) is 24.8 Å². The van der Waals surface area contributed by atoms with Crippen LogP contribution in [0.5, 0.6) is 0 Å². The molecule has 2 rings (SSSR count). The van der Waals surface area contributed by atoms with Gasteiger partial charge in [0.05, 0.1) is 0 Å². The van der Waals surface area contributed by atoms with E-state index in [1.165, 1.54) is 25.3 Å². The van der Waals surface area contributed by atoms with Gasteiger partial charge in [-0.3, -0.25) is 4.79 Å². The number of ether oxygens (including phenoxy) is 1. The summed E-state index contributed by atoms with van der Waals surface area (Å²) in [6, 6.07) is 7.53. The van der Waals surface area contributed by atoms with E-state index >= 15 is 0 Å². The normalized spacial score (nSPS) is 16.6. The van der Waals surface area contributed by atoms with Crippen molar-refractivity contribution in [2.24, 2.45) is 0 Å². The highest BCUT2D eigenvalue weighted by molar-refractivity contribution is 6.30. The Kier molecular flexibility index (Phi) is 5.03. The van der Waals surface area contributed by atoms with Crippen molar-refractivity contribution >= 4 is 17.6 Å². The van der Waals surface area contributed by atoms with E-state index in [1.54, 1.807) is 0 Å². The fourth-order valence-electron chi connectivity index (χ4n) is 2.43. The Labute approximate surface area is 119 Å². The summed E-state index contributed by atoms with van der Waals surface area (Å²) in [5, 5.41) is 0.696. The highest BCUT2D eigenvalue weighted by atomic mass is 35.5. The quantitative estimate of drug-likeness (QED) is 0.582. The summed E-state index contributed by atoms with van der Waals surface area (Å²) in [6.07, 6.45) is 7.65. The standard InChI is InChI=1S/C16H19ClO2/c1-12(18)19-16(11-13-5-3-2-4-6-13)14-7-9-15(17)10-8-14/h5,7-10,16H,2-4,6,11H2,1H3. The van der Waals surface area contributed by atoms with Crippen LogP contribution < -0.4 is 0 Å². The molecule has 0 N–H and O–H groups in total. The van der Waals surface area contributed by atoms with Crippen molar-refractivity contribution in [1.82, 2.24) is 0 Å². The van der Waals surface area contributed by atoms with Gasteiger partial charge < -0.3 is 4.74 Å². The molecule has 0 heterocycles. The van der Waals surface area contributed by atoms with E-state index in [1.807, 2.05) is 24.3 Å². The Balaban J connectivity index is 2.12. The second-order valence-electron chi connectivity index (χ2n) is 4.96. The minimum Gasteiger partial charge on any atom is -0.457 e. The van der Waals surface area contributed by atoms with Crippen LogP contribution in [0, 0.1) is 0 Å². The third-order valence-electron chi connectivity index (χ3n) is 3.38. The molecular weight excluding hydrogens is 260 g/mol. The molecule has 0 radical (unpaired) electrons. The molecule has 0 saturated carbocycles. The largest absolute Gasteiger partial charge is 0.457 e. The Hall–Kier alpha value is -1.28. The van der Waals surface area contributed by atoms with Crippen molar-refractivity contribution in [3.8, 4) is 0 Å². The molecule has 1 aromatic carbocycles. The minimum absolute atomic E-state index is 0.195. The summed E-state index contributed by atoms with van der Waals surface area (Å²) in [4.78, 5) is 11.3. The zero-order valence-electron chi connectivity index (χ0n) is 11.2. The van der Waals surface area contributed by atoms with Crippen LogP contribution in [-0.4, -0.2) is 5.97 Å². The fraction of sp³-hybridized carbons (Fsp3) is 0.438. The maximum absolute atomic E-state index is 11.3. The van der Waals surface area contributed by atoms with Crippen LogP contribution in [0.2, 0.25) is 5.02 Å². The SMILES string of the molecule is CC(=O)OC(CC1=CCCCC1)c1ccc(Cl)cc1. The van der Waals surface area contributed by atoms with Crippen LogP contribution in [0.1, 0.15) is 50.7 Å². The van der Waals surface area contributed by atoms with Crippen LogP contribution in [0.3, 0.4) is 0 Å². The van der Waals surface area contributed by atoms with Gasteiger partial charge in [-0.15, -0.1) is 0 Å². The van der Waals surface area contributed by atoms with Crippen molar-refractivity contribution in [2.45, 2.75) is 45.1 Å². The lowest BCUT2D eigenvalue weighted by Gasteiger charge is -2.21. The number of hydrogen-bond acceptors (Lipinski definition) is 2. The van der Waals surface area contributed by atoms with Crippen molar-refractivity contribution in [2.75, 3.05) is 0 Å². The molecule has 1 atom stereocenters. The molecular formula is C16H19ClO2. The van der Waals surface area contributed by atoms with Crippen molar-refractivity contribution < 1.29 is 9.53 Å². The highest BCUT2D eigenvalue weighted by Crippen LogP contribution is 2.30. The van der Waals surface area contributed by atoms with Crippen molar-refractivity contribution in [1.29, 1.82) is 0 Å². The number of halogens is 1. The first kappa shape index (κ1) is 14.1. The number of hydrogen-bond donors (Lipinski definition) is 0. The molecule has 1 unspecified atom stereocenters. The van der Waals surface area contributed by atoms with Gasteiger partial charge >= 0.3 is 5.97 Å². The van der Waals surface area contributed by atoms with Crippen molar-refractivity contribution in [3.05, 3.63) is 46.5 Å². The van der Waals surface area contributed by atoms with Crippen LogP contribution >= 0.6 is 11.6 Å². The van der Waals surface area contributed by atoms with E-state index in [2.05, 4.69) is 6.08 Å². The Morgan fingerprint density at radius 1 is 1.32 bits per heavy atom. The summed E-state index contributed by atoms with van der Waals surface area (Å²) < 4.78 is 5.46. The van der Waals surface area contributed by atoms with Crippen LogP contribution in [0.4, 0.5) is 0 Å². The lowest BCUT2D eigenvalue weighted by Crippen LogP contribution is -2.10. The van der Waals surface area contributed by atoms with E-state index in [0.29, 0.717) is 5.02 Å². The molecule has 3 heteroatoms. The predicted octanol–water partition coefficient (Wildman–Crippen LogP) is 4.83. The molecule has 102 valence electrons. The average Bonchev–Trinajstić information content (AvgIpc) is 2.39. The molecule has 19 heavy (non-hydrogen) atoms. The number of benzene rings is 1. The Morgan fingerprint density at radius 2 is 2.05 bits per heavy atom. The second kappa shape index (κ2) is 6.76. The first-order chi connectivity index (χ1) is 9.15. The number of carbonyl (C=O) groups excluding carboxylic acids is 1. The molecule has 0 aromatic heterocycles. The van der Waals surface area contributed by atoms with Gasteiger partial charge in [0.15, 0.2) is 0 Å². The van der Waals surface area contributed by atoms with E-state index < -0.39 is 0 Å². The summed E-state index contributed by atoms with van der Waals surface area (Å²) in [7, 11) is 0. The Morgan fingerprint density at radius 3 is 2.63 bits per heavy atom. The smallest absolute Gasteiger partial charge is 0.303 e. The highest BCUT2D eigenvalue weighted by Gasteiger charge is 2.17. The van der Waals surface area contributed by atoms with E-state index in [4.69, 9.17) is 16.3 Å². The van der Waals surface area contributed by atoms with Crippen LogP contribution in [0.15, 0.2) is 35.9 Å². The lowest BCUT2D eigenvalue weighted by atomic mass is 9.93. The van der Waals surface area contributed by atoms with Crippen LogP contribution in [0.25, 0.3) is 0 Å². The minimum atomic E-state index is -0.239. The third kappa shape index (κ3) is 4.39. The number of carbonyl (C=O) groups is 1. The third-order valence-corrected chi connectivity index (χ3v) is 3.63. The molecule has 0 saturated heterocycles. The van der Waals surface area contributed by atoms with Gasteiger partial charge in [-0.1, -0.05) is 35.4 Å². The second-order valence-corrected chi connectivity index (χ2v) is 5.40. The van der Waals surface area contributed by atoms with E-state index in [9.17, 15) is 4.79 Å². The summed E-state index contributed by atoms with van der Waals surface area (Å²) in [6.45, 7) is 1.46. The molecule has 1 aliphatic carbocycles. The Bertz CT molecular complexity index is 462. The molecule has 0 spiro atoms. The summed E-state index contributed by atoms with van der Waals surface area (Å²) >= 11 is 5.89. The molecule has 2 nitrogen and oxygen atoms in total. The molecule has 1 aliphatic rings. The van der Waals surface area contributed by atoms with Gasteiger partial charge in [0.25, 0.3) is 0 Å². The molecule has 0 amide bonds. The summed E-state index contributed by atoms with van der Waals surface area (Å²) in [5.41, 5.74) is 2.40. The van der Waals surface area contributed by atoms with Gasteiger partial charge in [-0.05, 0) is 43.4 Å². The van der Waals surface area contributed by atoms with Gasteiger partial charge in [0.1, 0.15) is 6.10 Å². The summed E-state index contributed by atoms with van der Waals surface area (Å²) in [5.74, 6) is -0.239. The van der Waals surface area contributed by atoms with Gasteiger partial charge in [-0.2, -0.15) is 0 Å². The van der Waals surface area contributed by atoms with Crippen LogP contribution in [-0.2, 0) is 9.53 Å². The maximum atomic E-state index is 11.3. The average molecular weight is 279 g/mol. The zero-order valence-corrected chi connectivity index (χ0v) is 12.0. The predicted molar refractivity (Wildman–Crippen MR) is 77.1 cm³/mol. The van der Waals surface area contributed by atoms with Gasteiger partial charge in [-0.25, -0.2) is 0 Å². The number of esters is 1. The van der Waals surface area contributed by atoms with Gasteiger partial charge in [0, 0.05) is 18.4 Å². The zero-order chi connectivity index (χ0) is 13.7. The lowest BCUT2D eigenvalue weighted by molar-refractivity contribution is -0.146. The van der Waals surface area contributed by atoms with E-state index in [-0.39, 0.29) is 12.1 Å². The maximum Gasteiger partial charge on any atom is 0.303 e. The molecule has 0 fully saturated rings. The molecule has 0 aliphatic heterocycles. The first-order valence-corrected chi connectivity index (χ1v) is 7.13. The first-order valence-electron chi connectivity index (χ1n) is 6.76. The van der Waals surface area contributed by atoms with Gasteiger partial charge in [0.2, 0.25) is 0 Å².